The van der Waals surface area contributed by atoms with Gasteiger partial charge in [-0.1, -0.05) is 27.7 Å². The number of anilines is 2. The van der Waals surface area contributed by atoms with E-state index in [1.165, 1.54) is 0 Å². The van der Waals surface area contributed by atoms with Crippen LogP contribution in [0.2, 0.25) is 0 Å². The van der Waals surface area contributed by atoms with Crippen molar-refractivity contribution in [1.29, 1.82) is 0 Å². The van der Waals surface area contributed by atoms with Gasteiger partial charge >= 0.3 is 0 Å². The van der Waals surface area contributed by atoms with Crippen molar-refractivity contribution in [3.8, 4) is 0 Å². The minimum Gasteiger partial charge on any atom is -0.368 e. The van der Waals surface area contributed by atoms with Crippen LogP contribution in [0.5, 0.6) is 0 Å². The molecule has 1 unspecified atom stereocenters. The monoisotopic (exact) mass is 223 g/mol. The predicted octanol–water partition coefficient (Wildman–Crippen LogP) is 1.65. The summed E-state index contributed by atoms with van der Waals surface area (Å²) >= 11 is 0. The first kappa shape index (κ1) is 12.7. The third kappa shape index (κ3) is 4.42. The topological polar surface area (TPSA) is 90.7 Å². The molecule has 5 heteroatoms. The maximum absolute atomic E-state index is 5.52. The minimum atomic E-state index is 0.199. The Morgan fingerprint density at radius 1 is 1.06 bits per heavy atom. The molecule has 1 atom stereocenters. The number of hydrogen-bond donors (Lipinski definition) is 2. The van der Waals surface area contributed by atoms with Crippen LogP contribution in [0.3, 0.4) is 0 Å². The molecule has 0 bridgehead atoms. The zero-order valence-corrected chi connectivity index (χ0v) is 10.5. The van der Waals surface area contributed by atoms with Crippen molar-refractivity contribution in [2.75, 3.05) is 11.5 Å². The SMILES string of the molecule is CC(Cc1nc(N)nc(N)n1)CC(C)(C)C. The Morgan fingerprint density at radius 3 is 2.00 bits per heavy atom. The third-order valence-corrected chi connectivity index (χ3v) is 2.21. The lowest BCUT2D eigenvalue weighted by atomic mass is 9.84. The molecular weight excluding hydrogens is 202 g/mol. The molecule has 0 spiro atoms. The van der Waals surface area contributed by atoms with Crippen LogP contribution in [0.1, 0.15) is 39.9 Å². The second-order valence-corrected chi connectivity index (χ2v) is 5.54. The van der Waals surface area contributed by atoms with Crippen LogP contribution >= 0.6 is 0 Å². The van der Waals surface area contributed by atoms with E-state index in [2.05, 4.69) is 42.6 Å². The van der Waals surface area contributed by atoms with Gasteiger partial charge in [-0.15, -0.1) is 0 Å². The maximum atomic E-state index is 5.52. The lowest BCUT2D eigenvalue weighted by molar-refractivity contribution is 0.303. The van der Waals surface area contributed by atoms with Gasteiger partial charge in [0, 0.05) is 6.42 Å². The number of nitrogen functional groups attached to an aromatic ring is 2. The number of nitrogens with two attached hydrogens (primary N) is 2. The molecule has 16 heavy (non-hydrogen) atoms. The van der Waals surface area contributed by atoms with E-state index in [4.69, 9.17) is 11.5 Å². The highest BCUT2D eigenvalue weighted by Gasteiger charge is 2.16. The van der Waals surface area contributed by atoms with Gasteiger partial charge in [-0.05, 0) is 17.8 Å². The van der Waals surface area contributed by atoms with Gasteiger partial charge in [0.1, 0.15) is 5.82 Å². The molecule has 1 heterocycles. The van der Waals surface area contributed by atoms with Crippen LogP contribution in [0, 0.1) is 11.3 Å². The van der Waals surface area contributed by atoms with Crippen LogP contribution in [0.4, 0.5) is 11.9 Å². The van der Waals surface area contributed by atoms with Crippen molar-refractivity contribution in [1.82, 2.24) is 15.0 Å². The highest BCUT2D eigenvalue weighted by Crippen LogP contribution is 2.25. The molecule has 0 amide bonds. The molecule has 0 fully saturated rings. The largest absolute Gasteiger partial charge is 0.368 e. The third-order valence-electron chi connectivity index (χ3n) is 2.21. The molecule has 4 N–H and O–H groups in total. The number of hydrogen-bond acceptors (Lipinski definition) is 5. The molecule has 1 rings (SSSR count). The quantitative estimate of drug-likeness (QED) is 0.813. The highest BCUT2D eigenvalue weighted by atomic mass is 15.1. The van der Waals surface area contributed by atoms with Gasteiger partial charge in [0.15, 0.2) is 0 Å². The summed E-state index contributed by atoms with van der Waals surface area (Å²) in [7, 11) is 0. The Balaban J connectivity index is 2.66. The average Bonchev–Trinajstić information content (AvgIpc) is 1.96. The van der Waals surface area contributed by atoms with Crippen molar-refractivity contribution in [3.63, 3.8) is 0 Å². The molecule has 0 aliphatic carbocycles. The zero-order chi connectivity index (χ0) is 12.3. The van der Waals surface area contributed by atoms with E-state index < -0.39 is 0 Å². The van der Waals surface area contributed by atoms with Crippen LogP contribution in [0.25, 0.3) is 0 Å². The number of aromatic nitrogens is 3. The van der Waals surface area contributed by atoms with Crippen LogP contribution in [0.15, 0.2) is 0 Å². The second-order valence-electron chi connectivity index (χ2n) is 5.54. The lowest BCUT2D eigenvalue weighted by Gasteiger charge is -2.22. The summed E-state index contributed by atoms with van der Waals surface area (Å²) < 4.78 is 0. The number of rotatable bonds is 3. The van der Waals surface area contributed by atoms with Gasteiger partial charge in [0.05, 0.1) is 0 Å². The van der Waals surface area contributed by atoms with E-state index in [0.29, 0.717) is 17.2 Å². The van der Waals surface area contributed by atoms with Crippen molar-refractivity contribution < 1.29 is 0 Å². The standard InChI is InChI=1S/C11H21N5/c1-7(6-11(2,3)4)5-8-14-9(12)16-10(13)15-8/h7H,5-6H2,1-4H3,(H4,12,13,14,15,16). The van der Waals surface area contributed by atoms with E-state index in [1.54, 1.807) is 0 Å². The molecular formula is C11H21N5. The summed E-state index contributed by atoms with van der Waals surface area (Å²) in [6.07, 6.45) is 1.90. The van der Waals surface area contributed by atoms with Crippen LogP contribution < -0.4 is 11.5 Å². The molecule has 5 nitrogen and oxygen atoms in total. The smallest absolute Gasteiger partial charge is 0.225 e. The Kier molecular flexibility index (Phi) is 3.67. The van der Waals surface area contributed by atoms with E-state index >= 15 is 0 Å². The predicted molar refractivity (Wildman–Crippen MR) is 65.6 cm³/mol. The Morgan fingerprint density at radius 2 is 1.56 bits per heavy atom. The molecule has 1 aromatic rings. The number of nitrogens with zero attached hydrogens (tertiary/aromatic N) is 3. The first-order valence-corrected chi connectivity index (χ1v) is 5.52. The molecule has 1 aromatic heterocycles. The Labute approximate surface area is 96.7 Å². The first-order chi connectivity index (χ1) is 7.26. The van der Waals surface area contributed by atoms with Gasteiger partial charge in [-0.25, -0.2) is 0 Å². The summed E-state index contributed by atoms with van der Waals surface area (Å²) in [6, 6.07) is 0. The minimum absolute atomic E-state index is 0.199. The first-order valence-electron chi connectivity index (χ1n) is 5.52. The lowest BCUT2D eigenvalue weighted by Crippen LogP contribution is -2.15. The average molecular weight is 223 g/mol. The van der Waals surface area contributed by atoms with Crippen molar-refractivity contribution in [2.24, 2.45) is 11.3 Å². The van der Waals surface area contributed by atoms with Crippen molar-refractivity contribution in [3.05, 3.63) is 5.82 Å². The van der Waals surface area contributed by atoms with Crippen molar-refractivity contribution >= 4 is 11.9 Å². The van der Waals surface area contributed by atoms with E-state index in [9.17, 15) is 0 Å². The van der Waals surface area contributed by atoms with Crippen LogP contribution in [-0.2, 0) is 6.42 Å². The fraction of sp³-hybridized carbons (Fsp3) is 0.727. The fourth-order valence-electron chi connectivity index (χ4n) is 1.98. The van der Waals surface area contributed by atoms with Crippen LogP contribution in [-0.4, -0.2) is 15.0 Å². The Bertz CT molecular complexity index is 336. The fourth-order valence-corrected chi connectivity index (χ4v) is 1.98. The molecule has 0 aromatic carbocycles. The van der Waals surface area contributed by atoms with E-state index in [0.717, 1.165) is 12.8 Å². The Hall–Kier alpha value is -1.39. The van der Waals surface area contributed by atoms with E-state index in [1.807, 2.05) is 0 Å². The van der Waals surface area contributed by atoms with Gasteiger partial charge in [-0.2, -0.15) is 15.0 Å². The molecule has 0 aliphatic rings. The summed E-state index contributed by atoms with van der Waals surface area (Å²) in [5.74, 6) is 1.58. The molecule has 0 saturated carbocycles. The van der Waals surface area contributed by atoms with E-state index in [-0.39, 0.29) is 11.9 Å². The normalized spacial score (nSPS) is 13.8. The second kappa shape index (κ2) is 4.63. The summed E-state index contributed by atoms with van der Waals surface area (Å²) in [5.41, 5.74) is 11.3. The molecule has 0 saturated heterocycles. The highest BCUT2D eigenvalue weighted by molar-refractivity contribution is 5.25. The molecule has 0 aliphatic heterocycles. The van der Waals surface area contributed by atoms with Gasteiger partial charge in [-0.3, -0.25) is 0 Å². The summed E-state index contributed by atoms with van der Waals surface area (Å²) in [6.45, 7) is 8.85. The molecule has 90 valence electrons. The summed E-state index contributed by atoms with van der Waals surface area (Å²) in [5, 5.41) is 0. The van der Waals surface area contributed by atoms with Gasteiger partial charge in [0.2, 0.25) is 11.9 Å². The zero-order valence-electron chi connectivity index (χ0n) is 10.5. The van der Waals surface area contributed by atoms with Gasteiger partial charge < -0.3 is 11.5 Å². The van der Waals surface area contributed by atoms with Crippen molar-refractivity contribution in [2.45, 2.75) is 40.5 Å². The summed E-state index contributed by atoms with van der Waals surface area (Å²) in [4.78, 5) is 11.9. The maximum Gasteiger partial charge on any atom is 0.225 e. The molecule has 0 radical (unpaired) electrons. The van der Waals surface area contributed by atoms with Gasteiger partial charge in [0.25, 0.3) is 0 Å².